The Morgan fingerprint density at radius 1 is 1.83 bits per heavy atom. The molecule has 0 radical (unpaired) electrons. The van der Waals surface area contributed by atoms with Gasteiger partial charge in [0.1, 0.15) is 0 Å². The second-order valence-electron chi connectivity index (χ2n) is 1.06. The third-order valence-corrected chi connectivity index (χ3v) is 0.598. The van der Waals surface area contributed by atoms with Gasteiger partial charge in [-0.3, -0.25) is 4.79 Å². The summed E-state index contributed by atoms with van der Waals surface area (Å²) in [5, 5.41) is 4.96. The number of nitrogens with one attached hydrogen (secondary N) is 2. The Morgan fingerprint density at radius 3 is 2.83 bits per heavy atom. The van der Waals surface area contributed by atoms with Gasteiger partial charge in [-0.1, -0.05) is 6.54 Å². The lowest BCUT2D eigenvalue weighted by molar-refractivity contribution is 0.249. The van der Waals surface area contributed by atoms with Crippen molar-refractivity contribution in [1.29, 1.82) is 0 Å². The number of hydrogen-bond acceptors (Lipinski definition) is 1. The number of carbonyl (C=O) groups excluding carboxylic acids is 1. The highest BCUT2D eigenvalue weighted by atomic mass is 16.2. The average molecular weight is 85.1 g/mol. The fourth-order valence-corrected chi connectivity index (χ4v) is 0.338. The van der Waals surface area contributed by atoms with Crippen LogP contribution in [0.1, 0.15) is 0 Å². The predicted molar refractivity (Wildman–Crippen MR) is 20.8 cm³/mol. The summed E-state index contributed by atoms with van der Waals surface area (Å²) in [6.07, 6.45) is 0. The largest absolute Gasteiger partial charge is 0.486 e. The second-order valence-corrected chi connectivity index (χ2v) is 1.06. The van der Waals surface area contributed by atoms with Gasteiger partial charge in [0.05, 0.1) is 0 Å². The van der Waals surface area contributed by atoms with Crippen LogP contribution in [0.4, 0.5) is 4.79 Å². The molecule has 1 fully saturated rings. The molecule has 3 heteroatoms. The van der Waals surface area contributed by atoms with Crippen LogP contribution >= 0.6 is 0 Å². The highest BCUT2D eigenvalue weighted by molar-refractivity contribution is 5.76. The van der Waals surface area contributed by atoms with E-state index in [2.05, 4.69) is 10.6 Å². The summed E-state index contributed by atoms with van der Waals surface area (Å²) < 4.78 is 0. The summed E-state index contributed by atoms with van der Waals surface area (Å²) in [6, 6.07) is -0.102. The highest BCUT2D eigenvalue weighted by Crippen LogP contribution is 1.76. The quantitative estimate of drug-likeness (QED) is 0.381. The zero-order valence-electron chi connectivity index (χ0n) is 3.19. The van der Waals surface area contributed by atoms with Crippen LogP contribution in [0.5, 0.6) is 0 Å². The van der Waals surface area contributed by atoms with Gasteiger partial charge < -0.3 is 10.6 Å². The maximum absolute atomic E-state index is 9.99. The Bertz CT molecular complexity index is 63.2. The zero-order valence-corrected chi connectivity index (χ0v) is 3.19. The standard InChI is InChI=1S/C3H5N2O/c6-3-4-1-2-5-3/h1H,2H2,(H2,4,5,6)/q-1. The van der Waals surface area contributed by atoms with Crippen LogP contribution in [-0.4, -0.2) is 12.6 Å². The molecule has 2 amide bonds. The van der Waals surface area contributed by atoms with E-state index in [4.69, 9.17) is 0 Å². The van der Waals surface area contributed by atoms with E-state index in [1.54, 1.807) is 6.54 Å². The maximum atomic E-state index is 9.99. The van der Waals surface area contributed by atoms with Gasteiger partial charge in [0.2, 0.25) is 0 Å². The number of hydrogen-bond donors (Lipinski definition) is 2. The van der Waals surface area contributed by atoms with Gasteiger partial charge in [-0.2, -0.15) is 0 Å². The summed E-state index contributed by atoms with van der Waals surface area (Å²) in [7, 11) is 0. The van der Waals surface area contributed by atoms with Crippen molar-refractivity contribution in [2.45, 2.75) is 0 Å². The topological polar surface area (TPSA) is 41.1 Å². The van der Waals surface area contributed by atoms with E-state index >= 15 is 0 Å². The van der Waals surface area contributed by atoms with Gasteiger partial charge in [0.25, 0.3) is 6.03 Å². The molecule has 1 aliphatic heterocycles. The fraction of sp³-hybridized carbons (Fsp3) is 0.333. The first-order chi connectivity index (χ1) is 2.89. The van der Waals surface area contributed by atoms with Crippen LogP contribution in [0, 0.1) is 6.54 Å². The van der Waals surface area contributed by atoms with E-state index in [0.29, 0.717) is 6.54 Å². The van der Waals surface area contributed by atoms with Gasteiger partial charge in [0, 0.05) is 0 Å². The second kappa shape index (κ2) is 1.16. The fourth-order valence-electron chi connectivity index (χ4n) is 0.338. The molecule has 0 aromatic rings. The summed E-state index contributed by atoms with van der Waals surface area (Å²) in [6.45, 7) is 2.32. The van der Waals surface area contributed by atoms with Crippen molar-refractivity contribution in [2.24, 2.45) is 0 Å². The van der Waals surface area contributed by atoms with Crippen molar-refractivity contribution in [3.8, 4) is 0 Å². The van der Waals surface area contributed by atoms with Crippen molar-refractivity contribution < 1.29 is 4.79 Å². The summed E-state index contributed by atoms with van der Waals surface area (Å²) >= 11 is 0. The van der Waals surface area contributed by atoms with E-state index in [9.17, 15) is 4.79 Å². The molecule has 3 nitrogen and oxygen atoms in total. The maximum Gasteiger partial charge on any atom is 0.283 e. The Balaban J connectivity index is 2.37. The third-order valence-electron chi connectivity index (χ3n) is 0.598. The lowest BCUT2D eigenvalue weighted by Crippen LogP contribution is -2.19. The monoisotopic (exact) mass is 85.0 g/mol. The van der Waals surface area contributed by atoms with Crippen LogP contribution in [0.2, 0.25) is 0 Å². The number of amides is 2. The van der Waals surface area contributed by atoms with Crippen molar-refractivity contribution in [2.75, 3.05) is 6.54 Å². The molecule has 0 aromatic carbocycles. The van der Waals surface area contributed by atoms with Crippen molar-refractivity contribution >= 4 is 6.03 Å². The van der Waals surface area contributed by atoms with E-state index in [0.717, 1.165) is 0 Å². The SMILES string of the molecule is O=C1N[CH-]CN1. The number of urea groups is 1. The summed E-state index contributed by atoms with van der Waals surface area (Å²) in [5.41, 5.74) is 0. The third kappa shape index (κ3) is 0.429. The minimum atomic E-state index is -0.102. The molecule has 2 N–H and O–H groups in total. The molecule has 1 aliphatic rings. The molecular formula is C3H5N2O-. The lowest BCUT2D eigenvalue weighted by Gasteiger charge is -1.91. The van der Waals surface area contributed by atoms with E-state index in [1.165, 1.54) is 0 Å². The molecule has 0 unspecified atom stereocenters. The molecule has 0 aromatic heterocycles. The molecule has 0 aliphatic carbocycles. The Hall–Kier alpha value is -0.730. The van der Waals surface area contributed by atoms with Gasteiger partial charge in [0.15, 0.2) is 0 Å². The molecule has 6 heavy (non-hydrogen) atoms. The molecule has 0 atom stereocenters. The summed E-state index contributed by atoms with van der Waals surface area (Å²) in [5.74, 6) is 0. The number of rotatable bonds is 0. The van der Waals surface area contributed by atoms with Crippen LogP contribution in [0.3, 0.4) is 0 Å². The minimum absolute atomic E-state index is 0.102. The molecule has 0 spiro atoms. The molecule has 1 heterocycles. The lowest BCUT2D eigenvalue weighted by atomic mass is 10.7. The van der Waals surface area contributed by atoms with Crippen molar-refractivity contribution in [3.63, 3.8) is 0 Å². The van der Waals surface area contributed by atoms with Gasteiger partial charge >= 0.3 is 0 Å². The van der Waals surface area contributed by atoms with Crippen molar-refractivity contribution in [1.82, 2.24) is 10.6 Å². The van der Waals surface area contributed by atoms with Crippen molar-refractivity contribution in [3.05, 3.63) is 6.54 Å². The van der Waals surface area contributed by atoms with E-state index in [-0.39, 0.29) is 6.03 Å². The molecule has 1 rings (SSSR count). The molecule has 0 saturated carbocycles. The molecule has 1 saturated heterocycles. The van der Waals surface area contributed by atoms with Gasteiger partial charge in [-0.05, 0) is 0 Å². The normalized spacial score (nSPS) is 19.7. The Kier molecular flexibility index (Phi) is 0.670. The van der Waals surface area contributed by atoms with Gasteiger partial charge in [-0.25, -0.2) is 6.54 Å². The van der Waals surface area contributed by atoms with Crippen LogP contribution in [0.25, 0.3) is 0 Å². The number of carbonyl (C=O) groups is 1. The Labute approximate surface area is 35.7 Å². The van der Waals surface area contributed by atoms with E-state index < -0.39 is 0 Å². The first-order valence-electron chi connectivity index (χ1n) is 1.75. The molecule has 0 bridgehead atoms. The van der Waals surface area contributed by atoms with Crippen LogP contribution in [-0.2, 0) is 0 Å². The first-order valence-corrected chi connectivity index (χ1v) is 1.75. The molecule has 34 valence electrons. The highest BCUT2D eigenvalue weighted by Gasteiger charge is 1.93. The Morgan fingerprint density at radius 2 is 2.67 bits per heavy atom. The van der Waals surface area contributed by atoms with E-state index in [1.807, 2.05) is 0 Å². The zero-order chi connectivity index (χ0) is 4.41. The smallest absolute Gasteiger partial charge is 0.283 e. The van der Waals surface area contributed by atoms with Crippen LogP contribution in [0.15, 0.2) is 0 Å². The summed E-state index contributed by atoms with van der Waals surface area (Å²) in [4.78, 5) is 9.99. The average Bonchev–Trinajstić information content (AvgIpc) is 1.86. The minimum Gasteiger partial charge on any atom is -0.486 e. The van der Waals surface area contributed by atoms with Gasteiger partial charge in [-0.15, -0.1) is 0 Å². The molecular weight excluding hydrogens is 80.0 g/mol. The first kappa shape index (κ1) is 3.46. The van der Waals surface area contributed by atoms with Crippen LogP contribution < -0.4 is 10.6 Å². The predicted octanol–water partition coefficient (Wildman–Crippen LogP) is -0.539.